The summed E-state index contributed by atoms with van der Waals surface area (Å²) in [5.41, 5.74) is 6.08. The summed E-state index contributed by atoms with van der Waals surface area (Å²) in [4.78, 5) is 10.3. The molecule has 0 saturated carbocycles. The molecule has 2 N–H and O–H groups in total. The first-order valence-corrected chi connectivity index (χ1v) is 4.90. The zero-order chi connectivity index (χ0) is 12.0. The molecule has 0 saturated heterocycles. The van der Waals surface area contributed by atoms with Gasteiger partial charge in [-0.2, -0.15) is 0 Å². The van der Waals surface area contributed by atoms with Crippen LogP contribution >= 0.6 is 0 Å². The van der Waals surface area contributed by atoms with E-state index in [9.17, 15) is 10.1 Å². The van der Waals surface area contributed by atoms with Gasteiger partial charge in [-0.25, -0.2) is 0 Å². The van der Waals surface area contributed by atoms with Crippen molar-refractivity contribution >= 4 is 5.69 Å². The average molecular weight is 222 g/mol. The molecule has 0 spiro atoms. The molecule has 0 radical (unpaired) electrons. The minimum Gasteiger partial charge on any atom is -0.486 e. The van der Waals surface area contributed by atoms with Crippen molar-refractivity contribution in [2.24, 2.45) is 5.73 Å². The van der Waals surface area contributed by atoms with Gasteiger partial charge in [0, 0.05) is 12.6 Å². The first kappa shape index (κ1) is 12.2. The second-order valence-corrected chi connectivity index (χ2v) is 3.19. The molecule has 16 heavy (non-hydrogen) atoms. The zero-order valence-electron chi connectivity index (χ0n) is 8.89. The van der Waals surface area contributed by atoms with Gasteiger partial charge in [-0.05, 0) is 18.1 Å². The SMILES string of the molecule is C=CCCOc1ccc(CN)cc1[N+](=O)[O-]. The van der Waals surface area contributed by atoms with E-state index in [4.69, 9.17) is 10.5 Å². The monoisotopic (exact) mass is 222 g/mol. The molecule has 5 nitrogen and oxygen atoms in total. The van der Waals surface area contributed by atoms with Crippen LogP contribution in [-0.4, -0.2) is 11.5 Å². The van der Waals surface area contributed by atoms with E-state index in [1.54, 1.807) is 18.2 Å². The molecule has 0 fully saturated rings. The number of nitrogens with two attached hydrogens (primary N) is 1. The second-order valence-electron chi connectivity index (χ2n) is 3.19. The Kier molecular flexibility index (Phi) is 4.47. The van der Waals surface area contributed by atoms with Crippen LogP contribution in [-0.2, 0) is 6.54 Å². The lowest BCUT2D eigenvalue weighted by molar-refractivity contribution is -0.385. The highest BCUT2D eigenvalue weighted by molar-refractivity contribution is 5.48. The third-order valence-electron chi connectivity index (χ3n) is 2.04. The predicted octanol–water partition coefficient (Wildman–Crippen LogP) is 2.01. The highest BCUT2D eigenvalue weighted by Crippen LogP contribution is 2.27. The summed E-state index contributed by atoms with van der Waals surface area (Å²) in [6, 6.07) is 4.73. The molecular formula is C11H14N2O3. The predicted molar refractivity (Wildman–Crippen MR) is 61.3 cm³/mol. The number of benzene rings is 1. The summed E-state index contributed by atoms with van der Waals surface area (Å²) >= 11 is 0. The highest BCUT2D eigenvalue weighted by Gasteiger charge is 2.15. The second kappa shape index (κ2) is 5.87. The fourth-order valence-electron chi connectivity index (χ4n) is 1.21. The minimum atomic E-state index is -0.470. The van der Waals surface area contributed by atoms with Crippen LogP contribution in [0.1, 0.15) is 12.0 Å². The van der Waals surface area contributed by atoms with Gasteiger partial charge in [0.25, 0.3) is 0 Å². The van der Waals surface area contributed by atoms with Gasteiger partial charge in [0.1, 0.15) is 0 Å². The maximum atomic E-state index is 10.8. The van der Waals surface area contributed by atoms with Gasteiger partial charge in [0.05, 0.1) is 11.5 Å². The number of ether oxygens (including phenoxy) is 1. The van der Waals surface area contributed by atoms with Gasteiger partial charge in [-0.3, -0.25) is 10.1 Å². The zero-order valence-corrected chi connectivity index (χ0v) is 8.89. The van der Waals surface area contributed by atoms with E-state index in [2.05, 4.69) is 6.58 Å². The highest BCUT2D eigenvalue weighted by atomic mass is 16.6. The molecule has 0 aliphatic carbocycles. The van der Waals surface area contributed by atoms with Crippen molar-refractivity contribution in [1.29, 1.82) is 0 Å². The van der Waals surface area contributed by atoms with E-state index >= 15 is 0 Å². The number of hydrogen-bond donors (Lipinski definition) is 1. The molecule has 0 bridgehead atoms. The summed E-state index contributed by atoms with van der Waals surface area (Å²) in [5.74, 6) is 0.268. The van der Waals surface area contributed by atoms with Crippen molar-refractivity contribution in [2.45, 2.75) is 13.0 Å². The molecule has 0 unspecified atom stereocenters. The Bertz CT molecular complexity index is 391. The Morgan fingerprint density at radius 1 is 1.56 bits per heavy atom. The molecule has 86 valence electrons. The first-order valence-electron chi connectivity index (χ1n) is 4.90. The maximum Gasteiger partial charge on any atom is 0.311 e. The number of hydrogen-bond acceptors (Lipinski definition) is 4. The molecule has 0 aliphatic heterocycles. The van der Waals surface area contributed by atoms with E-state index in [1.807, 2.05) is 0 Å². The van der Waals surface area contributed by atoms with Gasteiger partial charge in [0.15, 0.2) is 5.75 Å². The number of nitro benzene ring substituents is 1. The molecule has 0 aliphatic rings. The standard InChI is InChI=1S/C11H14N2O3/c1-2-3-6-16-11-5-4-9(8-12)7-10(11)13(14)15/h2,4-5,7H,1,3,6,8,12H2. The van der Waals surface area contributed by atoms with Crippen LogP contribution in [0.3, 0.4) is 0 Å². The van der Waals surface area contributed by atoms with Gasteiger partial charge >= 0.3 is 5.69 Å². The van der Waals surface area contributed by atoms with Crippen LogP contribution in [0.5, 0.6) is 5.75 Å². The van der Waals surface area contributed by atoms with Crippen LogP contribution < -0.4 is 10.5 Å². The molecule has 0 amide bonds. The van der Waals surface area contributed by atoms with E-state index < -0.39 is 4.92 Å². The Balaban J connectivity index is 2.89. The van der Waals surface area contributed by atoms with Gasteiger partial charge in [-0.15, -0.1) is 6.58 Å². The number of nitrogens with zero attached hydrogens (tertiary/aromatic N) is 1. The summed E-state index contributed by atoms with van der Waals surface area (Å²) < 4.78 is 5.28. The van der Waals surface area contributed by atoms with Crippen molar-refractivity contribution < 1.29 is 9.66 Å². The van der Waals surface area contributed by atoms with Crippen LogP contribution in [0.2, 0.25) is 0 Å². The Morgan fingerprint density at radius 3 is 2.88 bits per heavy atom. The van der Waals surface area contributed by atoms with Crippen LogP contribution in [0.4, 0.5) is 5.69 Å². The fourth-order valence-corrected chi connectivity index (χ4v) is 1.21. The average Bonchev–Trinajstić information content (AvgIpc) is 2.29. The lowest BCUT2D eigenvalue weighted by Gasteiger charge is -2.06. The quantitative estimate of drug-likeness (QED) is 0.345. The molecule has 1 rings (SSSR count). The smallest absolute Gasteiger partial charge is 0.311 e. The van der Waals surface area contributed by atoms with Crippen molar-refractivity contribution in [3.05, 3.63) is 46.5 Å². The Morgan fingerprint density at radius 2 is 2.31 bits per heavy atom. The third kappa shape index (κ3) is 3.06. The normalized spacial score (nSPS) is 9.81. The Labute approximate surface area is 93.7 Å². The summed E-state index contributed by atoms with van der Waals surface area (Å²) in [6.07, 6.45) is 2.34. The molecule has 1 aromatic rings. The Hall–Kier alpha value is -1.88. The summed E-state index contributed by atoms with van der Waals surface area (Å²) in [5, 5.41) is 10.8. The summed E-state index contributed by atoms with van der Waals surface area (Å²) in [6.45, 7) is 4.20. The van der Waals surface area contributed by atoms with Crippen molar-refractivity contribution in [3.63, 3.8) is 0 Å². The molecule has 0 atom stereocenters. The maximum absolute atomic E-state index is 10.8. The van der Waals surface area contributed by atoms with Crippen molar-refractivity contribution in [2.75, 3.05) is 6.61 Å². The lowest BCUT2D eigenvalue weighted by atomic mass is 10.2. The van der Waals surface area contributed by atoms with Crippen LogP contribution in [0.25, 0.3) is 0 Å². The number of nitro groups is 1. The lowest BCUT2D eigenvalue weighted by Crippen LogP contribution is -2.02. The van der Waals surface area contributed by atoms with Crippen molar-refractivity contribution in [1.82, 2.24) is 0 Å². The molecule has 1 aromatic carbocycles. The van der Waals surface area contributed by atoms with Crippen molar-refractivity contribution in [3.8, 4) is 5.75 Å². The molecule has 0 aromatic heterocycles. The van der Waals surface area contributed by atoms with E-state index in [0.29, 0.717) is 18.6 Å². The van der Waals surface area contributed by atoms with E-state index in [1.165, 1.54) is 6.07 Å². The fraction of sp³-hybridized carbons (Fsp3) is 0.273. The molecule has 0 heterocycles. The summed E-state index contributed by atoms with van der Waals surface area (Å²) in [7, 11) is 0. The largest absolute Gasteiger partial charge is 0.486 e. The molecular weight excluding hydrogens is 208 g/mol. The van der Waals surface area contributed by atoms with E-state index in [0.717, 1.165) is 0 Å². The van der Waals surface area contributed by atoms with Crippen LogP contribution in [0, 0.1) is 10.1 Å². The van der Waals surface area contributed by atoms with Gasteiger partial charge in [-0.1, -0.05) is 12.1 Å². The number of rotatable bonds is 6. The molecule has 5 heteroatoms. The van der Waals surface area contributed by atoms with Crippen LogP contribution in [0.15, 0.2) is 30.9 Å². The van der Waals surface area contributed by atoms with Gasteiger partial charge < -0.3 is 10.5 Å². The van der Waals surface area contributed by atoms with Gasteiger partial charge in [0.2, 0.25) is 0 Å². The first-order chi connectivity index (χ1) is 7.69. The third-order valence-corrected chi connectivity index (χ3v) is 2.04. The topological polar surface area (TPSA) is 78.4 Å². The minimum absolute atomic E-state index is 0.0491. The van der Waals surface area contributed by atoms with E-state index in [-0.39, 0.29) is 18.0 Å².